The van der Waals surface area contributed by atoms with Crippen molar-refractivity contribution < 1.29 is 4.39 Å². The molecule has 116 valence electrons. The van der Waals surface area contributed by atoms with Crippen molar-refractivity contribution in [2.75, 3.05) is 29.0 Å². The summed E-state index contributed by atoms with van der Waals surface area (Å²) in [6, 6.07) is 6.11. The highest BCUT2D eigenvalue weighted by molar-refractivity contribution is 5.78. The molecule has 0 radical (unpaired) electrons. The van der Waals surface area contributed by atoms with Gasteiger partial charge in [-0.25, -0.2) is 14.4 Å². The molecular formula is C16H20FN5. The molecule has 0 saturated carbocycles. The standard InChI is InChI=1S/C16H20FN5/c17-12-5-7-13(8-6-12)21-15-14(18)16(20-11-19-15)22-9-3-1-2-4-10-22/h5-8,11H,1-4,9-10,18H2,(H,19,20,21). The van der Waals surface area contributed by atoms with E-state index in [0.29, 0.717) is 11.5 Å². The minimum atomic E-state index is -0.272. The molecule has 3 rings (SSSR count). The molecule has 0 amide bonds. The molecule has 22 heavy (non-hydrogen) atoms. The van der Waals surface area contributed by atoms with Crippen LogP contribution in [0.1, 0.15) is 25.7 Å². The van der Waals surface area contributed by atoms with Gasteiger partial charge in [-0.15, -0.1) is 0 Å². The van der Waals surface area contributed by atoms with Crippen molar-refractivity contribution in [3.8, 4) is 0 Å². The van der Waals surface area contributed by atoms with Crippen molar-refractivity contribution in [3.63, 3.8) is 0 Å². The van der Waals surface area contributed by atoms with Crippen molar-refractivity contribution in [1.82, 2.24) is 9.97 Å². The summed E-state index contributed by atoms with van der Waals surface area (Å²) in [5.74, 6) is 1.06. The van der Waals surface area contributed by atoms with Crippen molar-refractivity contribution in [2.45, 2.75) is 25.7 Å². The van der Waals surface area contributed by atoms with Gasteiger partial charge in [-0.2, -0.15) is 0 Å². The molecule has 1 aliphatic heterocycles. The van der Waals surface area contributed by atoms with Gasteiger partial charge < -0.3 is 16.0 Å². The Labute approximate surface area is 129 Å². The molecule has 1 fully saturated rings. The molecule has 6 heteroatoms. The number of nitrogens with zero attached hydrogens (tertiary/aromatic N) is 3. The molecule has 5 nitrogen and oxygen atoms in total. The van der Waals surface area contributed by atoms with E-state index in [4.69, 9.17) is 5.73 Å². The number of nitrogens with one attached hydrogen (secondary N) is 1. The Hall–Kier alpha value is -2.37. The maximum absolute atomic E-state index is 13.0. The maximum Gasteiger partial charge on any atom is 0.159 e. The van der Waals surface area contributed by atoms with E-state index in [9.17, 15) is 4.39 Å². The first-order valence-electron chi connectivity index (χ1n) is 7.62. The summed E-state index contributed by atoms with van der Waals surface area (Å²) < 4.78 is 13.0. The Kier molecular flexibility index (Phi) is 4.37. The van der Waals surface area contributed by atoms with E-state index < -0.39 is 0 Å². The van der Waals surface area contributed by atoms with E-state index in [1.54, 1.807) is 12.1 Å². The van der Waals surface area contributed by atoms with Crippen LogP contribution in [-0.4, -0.2) is 23.1 Å². The summed E-state index contributed by atoms with van der Waals surface area (Å²) in [7, 11) is 0. The number of aromatic nitrogens is 2. The fourth-order valence-corrected chi connectivity index (χ4v) is 2.69. The van der Waals surface area contributed by atoms with Crippen molar-refractivity contribution in [3.05, 3.63) is 36.4 Å². The highest BCUT2D eigenvalue weighted by Crippen LogP contribution is 2.29. The molecule has 2 aromatic rings. The second kappa shape index (κ2) is 6.60. The summed E-state index contributed by atoms with van der Waals surface area (Å²) in [4.78, 5) is 10.8. The zero-order valence-electron chi connectivity index (χ0n) is 12.4. The fourth-order valence-electron chi connectivity index (χ4n) is 2.69. The maximum atomic E-state index is 13.0. The lowest BCUT2D eigenvalue weighted by Crippen LogP contribution is -2.26. The first-order valence-corrected chi connectivity index (χ1v) is 7.62. The number of hydrogen-bond donors (Lipinski definition) is 2. The van der Waals surface area contributed by atoms with Gasteiger partial charge >= 0.3 is 0 Å². The smallest absolute Gasteiger partial charge is 0.159 e. The second-order valence-corrected chi connectivity index (χ2v) is 5.49. The normalized spacial score (nSPS) is 15.4. The Balaban J connectivity index is 1.83. The molecule has 0 bridgehead atoms. The summed E-state index contributed by atoms with van der Waals surface area (Å²) in [6.45, 7) is 1.94. The Morgan fingerprint density at radius 3 is 2.36 bits per heavy atom. The number of anilines is 4. The number of nitrogen functional groups attached to an aromatic ring is 1. The predicted octanol–water partition coefficient (Wildman–Crippen LogP) is 3.32. The van der Waals surface area contributed by atoms with Crippen LogP contribution in [0.5, 0.6) is 0 Å². The van der Waals surface area contributed by atoms with Gasteiger partial charge in [0.1, 0.15) is 17.8 Å². The number of hydrogen-bond acceptors (Lipinski definition) is 5. The van der Waals surface area contributed by atoms with Gasteiger partial charge in [-0.3, -0.25) is 0 Å². The third-order valence-electron chi connectivity index (χ3n) is 3.88. The van der Waals surface area contributed by atoms with Crippen LogP contribution in [0.3, 0.4) is 0 Å². The average molecular weight is 301 g/mol. The lowest BCUT2D eigenvalue weighted by Gasteiger charge is -2.23. The molecule has 0 atom stereocenters. The van der Waals surface area contributed by atoms with Crippen molar-refractivity contribution >= 4 is 23.0 Å². The van der Waals surface area contributed by atoms with Gasteiger partial charge in [0.25, 0.3) is 0 Å². The topological polar surface area (TPSA) is 67.1 Å². The molecule has 3 N–H and O–H groups in total. The van der Waals surface area contributed by atoms with E-state index in [-0.39, 0.29) is 5.82 Å². The summed E-state index contributed by atoms with van der Waals surface area (Å²) in [5.41, 5.74) is 7.52. The monoisotopic (exact) mass is 301 g/mol. The molecule has 2 heterocycles. The van der Waals surface area contributed by atoms with E-state index in [0.717, 1.165) is 37.4 Å². The average Bonchev–Trinajstić information content (AvgIpc) is 2.81. The Morgan fingerprint density at radius 2 is 1.68 bits per heavy atom. The molecule has 1 aromatic heterocycles. The first-order chi connectivity index (χ1) is 10.7. The largest absolute Gasteiger partial charge is 0.393 e. The van der Waals surface area contributed by atoms with E-state index in [2.05, 4.69) is 20.2 Å². The van der Waals surface area contributed by atoms with Crippen LogP contribution in [-0.2, 0) is 0 Å². The summed E-state index contributed by atoms with van der Waals surface area (Å²) in [6.07, 6.45) is 6.33. The molecule has 1 aliphatic rings. The van der Waals surface area contributed by atoms with Crippen LogP contribution < -0.4 is 16.0 Å². The van der Waals surface area contributed by atoms with Crippen LogP contribution >= 0.6 is 0 Å². The zero-order valence-corrected chi connectivity index (χ0v) is 12.4. The lowest BCUT2D eigenvalue weighted by atomic mass is 10.2. The highest BCUT2D eigenvalue weighted by atomic mass is 19.1. The van der Waals surface area contributed by atoms with Gasteiger partial charge in [0, 0.05) is 18.8 Å². The molecule has 1 aromatic carbocycles. The second-order valence-electron chi connectivity index (χ2n) is 5.49. The number of rotatable bonds is 3. The number of nitrogens with two attached hydrogens (primary N) is 1. The predicted molar refractivity (Wildman–Crippen MR) is 86.8 cm³/mol. The van der Waals surface area contributed by atoms with Crippen LogP contribution in [0, 0.1) is 5.82 Å². The minimum absolute atomic E-state index is 0.272. The van der Waals surface area contributed by atoms with Gasteiger partial charge in [0.2, 0.25) is 0 Å². The van der Waals surface area contributed by atoms with Crippen LogP contribution in [0.15, 0.2) is 30.6 Å². The summed E-state index contributed by atoms with van der Waals surface area (Å²) >= 11 is 0. The Morgan fingerprint density at radius 1 is 1.00 bits per heavy atom. The number of benzene rings is 1. The SMILES string of the molecule is Nc1c(Nc2ccc(F)cc2)ncnc1N1CCCCCC1. The molecule has 0 spiro atoms. The molecule has 0 aliphatic carbocycles. The molecule has 0 unspecified atom stereocenters. The lowest BCUT2D eigenvalue weighted by molar-refractivity contribution is 0.628. The first kappa shape index (κ1) is 14.6. The zero-order chi connectivity index (χ0) is 15.4. The third-order valence-corrected chi connectivity index (χ3v) is 3.88. The minimum Gasteiger partial charge on any atom is -0.393 e. The van der Waals surface area contributed by atoms with Crippen LogP contribution in [0.4, 0.5) is 27.4 Å². The van der Waals surface area contributed by atoms with E-state index in [1.807, 2.05) is 0 Å². The van der Waals surface area contributed by atoms with Crippen LogP contribution in [0.2, 0.25) is 0 Å². The fraction of sp³-hybridized carbons (Fsp3) is 0.375. The van der Waals surface area contributed by atoms with Gasteiger partial charge in [-0.05, 0) is 37.1 Å². The summed E-state index contributed by atoms with van der Waals surface area (Å²) in [5, 5.41) is 3.13. The van der Waals surface area contributed by atoms with Crippen molar-refractivity contribution in [1.29, 1.82) is 0 Å². The van der Waals surface area contributed by atoms with E-state index >= 15 is 0 Å². The van der Waals surface area contributed by atoms with Crippen LogP contribution in [0.25, 0.3) is 0 Å². The van der Waals surface area contributed by atoms with Crippen molar-refractivity contribution in [2.24, 2.45) is 0 Å². The van der Waals surface area contributed by atoms with Gasteiger partial charge in [-0.1, -0.05) is 12.8 Å². The van der Waals surface area contributed by atoms with E-state index in [1.165, 1.54) is 31.3 Å². The van der Waals surface area contributed by atoms with Gasteiger partial charge in [0.15, 0.2) is 11.6 Å². The molecule has 1 saturated heterocycles. The molecular weight excluding hydrogens is 281 g/mol. The number of halogens is 1. The quantitative estimate of drug-likeness (QED) is 0.910. The third kappa shape index (κ3) is 3.27. The Bertz CT molecular complexity index is 621. The highest BCUT2D eigenvalue weighted by Gasteiger charge is 2.16. The van der Waals surface area contributed by atoms with Gasteiger partial charge in [0.05, 0.1) is 0 Å².